The molecular weight excluding hydrogens is 252 g/mol. The summed E-state index contributed by atoms with van der Waals surface area (Å²) in [6.07, 6.45) is -0.552. The van der Waals surface area contributed by atoms with Crippen molar-refractivity contribution in [3.05, 3.63) is 40.2 Å². The van der Waals surface area contributed by atoms with Crippen molar-refractivity contribution in [1.29, 1.82) is 0 Å². The lowest BCUT2D eigenvalue weighted by Crippen LogP contribution is -2.11. The van der Waals surface area contributed by atoms with Gasteiger partial charge < -0.3 is 14.9 Å². The quantitative estimate of drug-likeness (QED) is 0.746. The molecule has 0 saturated carbocycles. The summed E-state index contributed by atoms with van der Waals surface area (Å²) < 4.78 is 6.21. The van der Waals surface area contributed by atoms with Gasteiger partial charge in [-0.1, -0.05) is 12.1 Å². The fraction of sp³-hybridized carbons (Fsp3) is 0.167. The number of methoxy groups -OCH3 is 1. The molecule has 2 rings (SSSR count). The second-order valence-electron chi connectivity index (χ2n) is 3.82. The van der Waals surface area contributed by atoms with Crippen molar-refractivity contribution in [2.45, 2.75) is 6.42 Å². The standard InChI is InChI=1S/C12H12N2O5/c1-19-9-5-3-2-4-8(9)14-12(18)7(6-10(15)16)11(17)13-14/h2-5,18H,6H2,1H3,(H,13,17)(H,15,16). The summed E-state index contributed by atoms with van der Waals surface area (Å²) in [5.74, 6) is -1.19. The first-order valence-corrected chi connectivity index (χ1v) is 5.42. The number of para-hydroxylation sites is 2. The number of rotatable bonds is 4. The normalized spacial score (nSPS) is 10.4. The number of carbonyl (C=O) groups is 1. The van der Waals surface area contributed by atoms with Crippen LogP contribution in [0.4, 0.5) is 0 Å². The number of hydrogen-bond acceptors (Lipinski definition) is 4. The average molecular weight is 264 g/mol. The second kappa shape index (κ2) is 4.89. The molecule has 0 fully saturated rings. The number of carboxylic acid groups (broad SMARTS) is 1. The Balaban J connectivity index is 2.58. The van der Waals surface area contributed by atoms with Crippen LogP contribution in [-0.4, -0.2) is 33.1 Å². The lowest BCUT2D eigenvalue weighted by atomic mass is 10.2. The zero-order valence-corrected chi connectivity index (χ0v) is 10.1. The maximum Gasteiger partial charge on any atom is 0.308 e. The van der Waals surface area contributed by atoms with Crippen LogP contribution in [0.25, 0.3) is 5.69 Å². The van der Waals surface area contributed by atoms with Crippen LogP contribution in [0.3, 0.4) is 0 Å². The van der Waals surface area contributed by atoms with Gasteiger partial charge in [0.1, 0.15) is 11.4 Å². The Morgan fingerprint density at radius 1 is 1.42 bits per heavy atom. The number of ether oxygens (including phenoxy) is 1. The van der Waals surface area contributed by atoms with E-state index in [0.717, 1.165) is 4.68 Å². The number of aromatic hydroxyl groups is 1. The van der Waals surface area contributed by atoms with Crippen LogP contribution in [0.1, 0.15) is 5.56 Å². The zero-order valence-electron chi connectivity index (χ0n) is 10.1. The van der Waals surface area contributed by atoms with Gasteiger partial charge in [-0.05, 0) is 12.1 Å². The summed E-state index contributed by atoms with van der Waals surface area (Å²) in [7, 11) is 1.45. The third-order valence-electron chi connectivity index (χ3n) is 2.62. The van der Waals surface area contributed by atoms with E-state index in [-0.39, 0.29) is 5.56 Å². The summed E-state index contributed by atoms with van der Waals surface area (Å²) in [5, 5.41) is 21.0. The Labute approximate surface area is 107 Å². The Bertz CT molecular complexity index is 671. The SMILES string of the molecule is COc1ccccc1-n1[nH]c(=O)c(CC(=O)O)c1O. The molecule has 0 aliphatic rings. The van der Waals surface area contributed by atoms with E-state index in [1.54, 1.807) is 24.3 Å². The Kier molecular flexibility index (Phi) is 3.28. The van der Waals surface area contributed by atoms with Gasteiger partial charge in [-0.2, -0.15) is 0 Å². The summed E-state index contributed by atoms with van der Waals surface area (Å²) in [5.41, 5.74) is -0.430. The highest BCUT2D eigenvalue weighted by atomic mass is 16.5. The molecule has 7 nitrogen and oxygen atoms in total. The van der Waals surface area contributed by atoms with Gasteiger partial charge in [0.25, 0.3) is 5.56 Å². The zero-order chi connectivity index (χ0) is 14.0. The van der Waals surface area contributed by atoms with Crippen molar-refractivity contribution in [3.8, 4) is 17.3 Å². The van der Waals surface area contributed by atoms with Gasteiger partial charge >= 0.3 is 5.97 Å². The summed E-state index contributed by atoms with van der Waals surface area (Å²) in [6, 6.07) is 6.72. The molecule has 0 aliphatic carbocycles. The van der Waals surface area contributed by atoms with Crippen molar-refractivity contribution in [1.82, 2.24) is 9.78 Å². The van der Waals surface area contributed by atoms with Crippen molar-refractivity contribution in [2.75, 3.05) is 7.11 Å². The van der Waals surface area contributed by atoms with Gasteiger partial charge in [-0.25, -0.2) is 4.68 Å². The van der Waals surface area contributed by atoms with Crippen molar-refractivity contribution >= 4 is 5.97 Å². The van der Waals surface area contributed by atoms with Gasteiger partial charge in [0.2, 0.25) is 5.88 Å². The molecule has 3 N–H and O–H groups in total. The molecule has 0 aliphatic heterocycles. The molecule has 0 saturated heterocycles. The minimum absolute atomic E-state index is 0.196. The molecule has 1 heterocycles. The number of aliphatic carboxylic acids is 1. The van der Waals surface area contributed by atoms with E-state index < -0.39 is 23.8 Å². The van der Waals surface area contributed by atoms with E-state index in [4.69, 9.17) is 9.84 Å². The number of hydrogen-bond donors (Lipinski definition) is 3. The van der Waals surface area contributed by atoms with Gasteiger partial charge in [0.15, 0.2) is 0 Å². The molecule has 19 heavy (non-hydrogen) atoms. The molecule has 0 atom stereocenters. The molecule has 2 aromatic rings. The van der Waals surface area contributed by atoms with Crippen LogP contribution >= 0.6 is 0 Å². The van der Waals surface area contributed by atoms with Crippen LogP contribution in [-0.2, 0) is 11.2 Å². The Hall–Kier alpha value is -2.70. The topological polar surface area (TPSA) is 105 Å². The Morgan fingerprint density at radius 3 is 2.74 bits per heavy atom. The molecule has 0 amide bonds. The first kappa shape index (κ1) is 12.7. The minimum atomic E-state index is -1.20. The third kappa shape index (κ3) is 2.30. The van der Waals surface area contributed by atoms with Crippen LogP contribution in [0, 0.1) is 0 Å². The predicted octanol–water partition coefficient (Wildman–Crippen LogP) is 0.507. The van der Waals surface area contributed by atoms with E-state index in [1.165, 1.54) is 7.11 Å². The highest BCUT2D eigenvalue weighted by Gasteiger charge is 2.19. The number of benzene rings is 1. The van der Waals surface area contributed by atoms with Gasteiger partial charge in [0, 0.05) is 0 Å². The number of aromatic amines is 1. The van der Waals surface area contributed by atoms with Crippen molar-refractivity contribution in [3.63, 3.8) is 0 Å². The molecule has 0 spiro atoms. The summed E-state index contributed by atoms with van der Waals surface area (Å²) in [4.78, 5) is 22.3. The second-order valence-corrected chi connectivity index (χ2v) is 3.82. The number of nitrogens with zero attached hydrogens (tertiary/aromatic N) is 1. The lowest BCUT2D eigenvalue weighted by Gasteiger charge is -2.09. The fourth-order valence-electron chi connectivity index (χ4n) is 1.76. The van der Waals surface area contributed by atoms with E-state index >= 15 is 0 Å². The number of nitrogens with one attached hydrogen (secondary N) is 1. The van der Waals surface area contributed by atoms with E-state index in [9.17, 15) is 14.7 Å². The highest BCUT2D eigenvalue weighted by Crippen LogP contribution is 2.26. The Morgan fingerprint density at radius 2 is 2.11 bits per heavy atom. The number of carboxylic acids is 1. The van der Waals surface area contributed by atoms with Crippen LogP contribution in [0.5, 0.6) is 11.6 Å². The summed E-state index contributed by atoms with van der Waals surface area (Å²) in [6.45, 7) is 0. The summed E-state index contributed by atoms with van der Waals surface area (Å²) >= 11 is 0. The fourth-order valence-corrected chi connectivity index (χ4v) is 1.76. The van der Waals surface area contributed by atoms with Gasteiger partial charge in [-0.3, -0.25) is 14.7 Å². The lowest BCUT2D eigenvalue weighted by molar-refractivity contribution is -0.136. The van der Waals surface area contributed by atoms with Gasteiger partial charge in [-0.15, -0.1) is 0 Å². The maximum absolute atomic E-state index is 11.6. The van der Waals surface area contributed by atoms with E-state index in [2.05, 4.69) is 5.10 Å². The van der Waals surface area contributed by atoms with Gasteiger partial charge in [0.05, 0.1) is 19.1 Å². The van der Waals surface area contributed by atoms with Crippen molar-refractivity contribution in [2.24, 2.45) is 0 Å². The monoisotopic (exact) mass is 264 g/mol. The van der Waals surface area contributed by atoms with Crippen molar-refractivity contribution < 1.29 is 19.7 Å². The first-order chi connectivity index (χ1) is 9.04. The van der Waals surface area contributed by atoms with E-state index in [1.807, 2.05) is 0 Å². The number of H-pyrrole nitrogens is 1. The smallest absolute Gasteiger partial charge is 0.308 e. The maximum atomic E-state index is 11.6. The van der Waals surface area contributed by atoms with Crippen LogP contribution < -0.4 is 10.3 Å². The molecule has 7 heteroatoms. The minimum Gasteiger partial charge on any atom is -0.494 e. The molecule has 0 radical (unpaired) electrons. The van der Waals surface area contributed by atoms with Crippen LogP contribution in [0.2, 0.25) is 0 Å². The third-order valence-corrected chi connectivity index (χ3v) is 2.62. The molecule has 0 unspecified atom stereocenters. The molecule has 1 aromatic carbocycles. The first-order valence-electron chi connectivity index (χ1n) is 5.42. The highest BCUT2D eigenvalue weighted by molar-refractivity contribution is 5.71. The number of aromatic nitrogens is 2. The van der Waals surface area contributed by atoms with E-state index in [0.29, 0.717) is 11.4 Å². The van der Waals surface area contributed by atoms with Crippen LogP contribution in [0.15, 0.2) is 29.1 Å². The molecule has 0 bridgehead atoms. The molecule has 1 aromatic heterocycles. The molecule has 100 valence electrons. The largest absolute Gasteiger partial charge is 0.494 e. The average Bonchev–Trinajstić information content (AvgIpc) is 2.66. The molecular formula is C12H12N2O5. The predicted molar refractivity (Wildman–Crippen MR) is 65.9 cm³/mol.